The highest BCUT2D eigenvalue weighted by atomic mass is 35.5. The van der Waals surface area contributed by atoms with Crippen LogP contribution in [-0.2, 0) is 11.3 Å². The first-order chi connectivity index (χ1) is 13.0. The Kier molecular flexibility index (Phi) is 5.56. The van der Waals surface area contributed by atoms with Gasteiger partial charge in [0.25, 0.3) is 5.56 Å². The molecule has 0 amide bonds. The average Bonchev–Trinajstić information content (AvgIpc) is 3.10. The number of nitrogens with one attached hydrogen (secondary N) is 1. The number of hydrogen-bond donors (Lipinski definition) is 1. The van der Waals surface area contributed by atoms with E-state index in [2.05, 4.69) is 15.5 Å². The minimum absolute atomic E-state index is 0.0127. The summed E-state index contributed by atoms with van der Waals surface area (Å²) in [4.78, 5) is 24.6. The highest BCUT2D eigenvalue weighted by Crippen LogP contribution is 2.18. The molecule has 8 nitrogen and oxygen atoms in total. The molecular weight excluding hydrogens is 370 g/mol. The molecule has 0 radical (unpaired) electrons. The van der Waals surface area contributed by atoms with Crippen LogP contribution in [0, 0.1) is 6.92 Å². The Balaban J connectivity index is 1.83. The van der Waals surface area contributed by atoms with Gasteiger partial charge in [-0.05, 0) is 24.6 Å². The van der Waals surface area contributed by atoms with Crippen LogP contribution in [0.5, 0.6) is 0 Å². The molecule has 0 saturated heterocycles. The van der Waals surface area contributed by atoms with Crippen molar-refractivity contribution in [2.75, 3.05) is 19.0 Å². The van der Waals surface area contributed by atoms with Crippen LogP contribution < -0.4 is 10.9 Å². The average molecular weight is 388 g/mol. The van der Waals surface area contributed by atoms with Crippen LogP contribution >= 0.6 is 11.6 Å². The number of ether oxygens (including phenoxy) is 1. The largest absolute Gasteiger partial charge is 0.465 e. The van der Waals surface area contributed by atoms with Gasteiger partial charge in [0.1, 0.15) is 5.02 Å². The molecule has 3 rings (SSSR count). The van der Waals surface area contributed by atoms with E-state index in [1.807, 2.05) is 13.1 Å². The summed E-state index contributed by atoms with van der Waals surface area (Å²) >= 11 is 6.23. The summed E-state index contributed by atoms with van der Waals surface area (Å²) < 4.78 is 7.62. The number of aryl methyl sites for hydroxylation is 1. The van der Waals surface area contributed by atoms with Crippen molar-refractivity contribution in [3.8, 4) is 5.69 Å². The Morgan fingerprint density at radius 3 is 2.74 bits per heavy atom. The van der Waals surface area contributed by atoms with Gasteiger partial charge >= 0.3 is 5.97 Å². The van der Waals surface area contributed by atoms with Crippen molar-refractivity contribution in [3.05, 3.63) is 69.4 Å². The Morgan fingerprint density at radius 2 is 2.04 bits per heavy atom. The molecule has 0 aliphatic heterocycles. The lowest BCUT2D eigenvalue weighted by Crippen LogP contribution is -2.25. The molecule has 0 bridgehead atoms. The Hall–Kier alpha value is -3.13. The Labute approximate surface area is 160 Å². The molecule has 0 aliphatic carbocycles. The molecule has 0 unspecified atom stereocenters. The number of nitrogens with zero attached hydrogens (tertiary/aromatic N) is 4. The van der Waals surface area contributed by atoms with Gasteiger partial charge in [-0.15, -0.1) is 0 Å². The van der Waals surface area contributed by atoms with Crippen LogP contribution in [0.2, 0.25) is 5.02 Å². The number of anilines is 1. The Morgan fingerprint density at radius 1 is 1.26 bits per heavy atom. The molecule has 0 atom stereocenters. The molecule has 27 heavy (non-hydrogen) atoms. The number of para-hydroxylation sites is 1. The third-order valence-electron chi connectivity index (χ3n) is 3.88. The zero-order valence-electron chi connectivity index (χ0n) is 14.8. The van der Waals surface area contributed by atoms with E-state index in [1.54, 1.807) is 35.1 Å². The molecule has 2 heterocycles. The molecule has 3 aromatic rings. The zero-order chi connectivity index (χ0) is 19.4. The van der Waals surface area contributed by atoms with Crippen LogP contribution in [0.15, 0.2) is 47.7 Å². The summed E-state index contributed by atoms with van der Waals surface area (Å²) in [7, 11) is 1.27. The highest BCUT2D eigenvalue weighted by molar-refractivity contribution is 6.32. The number of aromatic nitrogens is 4. The van der Waals surface area contributed by atoms with Gasteiger partial charge in [0.05, 0.1) is 43.0 Å². The number of hydrogen-bond acceptors (Lipinski definition) is 6. The normalized spacial score (nSPS) is 10.6. The molecule has 140 valence electrons. The van der Waals surface area contributed by atoms with Crippen LogP contribution in [0.4, 0.5) is 5.69 Å². The summed E-state index contributed by atoms with van der Waals surface area (Å²) in [6.45, 7) is 3.09. The van der Waals surface area contributed by atoms with Crippen LogP contribution in [0.3, 0.4) is 0 Å². The molecule has 0 aliphatic rings. The molecule has 1 N–H and O–H groups in total. The minimum Gasteiger partial charge on any atom is -0.465 e. The number of rotatable bonds is 6. The molecule has 0 spiro atoms. The van der Waals surface area contributed by atoms with Gasteiger partial charge < -0.3 is 10.1 Å². The van der Waals surface area contributed by atoms with E-state index in [4.69, 9.17) is 16.3 Å². The van der Waals surface area contributed by atoms with Crippen molar-refractivity contribution in [1.82, 2.24) is 19.6 Å². The molecular formula is C18H18ClN5O3. The first kappa shape index (κ1) is 18.7. The second-order valence-electron chi connectivity index (χ2n) is 5.81. The summed E-state index contributed by atoms with van der Waals surface area (Å²) in [5.41, 5.74) is 1.47. The second kappa shape index (κ2) is 8.05. The van der Waals surface area contributed by atoms with Gasteiger partial charge in [0.15, 0.2) is 0 Å². The van der Waals surface area contributed by atoms with Crippen LogP contribution in [0.25, 0.3) is 5.69 Å². The smallest absolute Gasteiger partial charge is 0.340 e. The van der Waals surface area contributed by atoms with Gasteiger partial charge in [-0.25, -0.2) is 4.79 Å². The third-order valence-corrected chi connectivity index (χ3v) is 4.24. The first-order valence-corrected chi connectivity index (χ1v) is 8.57. The fourth-order valence-corrected chi connectivity index (χ4v) is 2.76. The maximum Gasteiger partial charge on any atom is 0.340 e. The van der Waals surface area contributed by atoms with E-state index in [0.717, 1.165) is 10.2 Å². The second-order valence-corrected chi connectivity index (χ2v) is 6.18. The molecule has 0 saturated carbocycles. The van der Waals surface area contributed by atoms with Crippen molar-refractivity contribution in [2.45, 2.75) is 13.5 Å². The van der Waals surface area contributed by atoms with E-state index in [9.17, 15) is 9.59 Å². The zero-order valence-corrected chi connectivity index (χ0v) is 15.6. The quantitative estimate of drug-likeness (QED) is 0.652. The number of carbonyl (C=O) groups excluding carboxylic acids is 1. The van der Waals surface area contributed by atoms with Gasteiger partial charge in [-0.2, -0.15) is 14.9 Å². The predicted molar refractivity (Wildman–Crippen MR) is 102 cm³/mol. The minimum atomic E-state index is -0.563. The molecule has 9 heteroatoms. The van der Waals surface area contributed by atoms with E-state index < -0.39 is 11.5 Å². The first-order valence-electron chi connectivity index (χ1n) is 8.19. The lowest BCUT2D eigenvalue weighted by molar-refractivity contribution is 0.0600. The van der Waals surface area contributed by atoms with Gasteiger partial charge in [0, 0.05) is 12.7 Å². The summed E-state index contributed by atoms with van der Waals surface area (Å²) in [6, 6.07) is 6.53. The van der Waals surface area contributed by atoms with Crippen molar-refractivity contribution in [3.63, 3.8) is 0 Å². The molecule has 2 aromatic heterocycles. The van der Waals surface area contributed by atoms with Gasteiger partial charge in [-0.3, -0.25) is 9.48 Å². The highest BCUT2D eigenvalue weighted by Gasteiger charge is 2.17. The van der Waals surface area contributed by atoms with Crippen LogP contribution in [0.1, 0.15) is 15.9 Å². The Bertz CT molecular complexity index is 1030. The summed E-state index contributed by atoms with van der Waals surface area (Å²) in [5.74, 6) is -0.563. The van der Waals surface area contributed by atoms with Gasteiger partial charge in [0.2, 0.25) is 0 Å². The van der Waals surface area contributed by atoms with Crippen molar-refractivity contribution >= 4 is 23.3 Å². The van der Waals surface area contributed by atoms with E-state index in [1.165, 1.54) is 13.3 Å². The van der Waals surface area contributed by atoms with Crippen molar-refractivity contribution < 1.29 is 9.53 Å². The van der Waals surface area contributed by atoms with E-state index in [-0.39, 0.29) is 10.6 Å². The van der Waals surface area contributed by atoms with Crippen molar-refractivity contribution in [1.29, 1.82) is 0 Å². The molecule has 0 fully saturated rings. The monoisotopic (exact) mass is 387 g/mol. The predicted octanol–water partition coefficient (Wildman–Crippen LogP) is 2.29. The number of esters is 1. The fourth-order valence-electron chi connectivity index (χ4n) is 2.56. The number of methoxy groups -OCH3 is 1. The van der Waals surface area contributed by atoms with E-state index in [0.29, 0.717) is 24.5 Å². The molecule has 1 aromatic carbocycles. The number of carbonyl (C=O) groups is 1. The maximum absolute atomic E-state index is 12.6. The maximum atomic E-state index is 12.6. The standard InChI is InChI=1S/C18H18ClN5O3/c1-12-9-21-23(11-12)8-7-20-14-10-22-24(17(25)16(14)19)15-6-4-3-5-13(15)18(26)27-2/h3-6,9-11,20H,7-8H2,1-2H3. The van der Waals surface area contributed by atoms with Gasteiger partial charge in [-0.1, -0.05) is 23.7 Å². The SMILES string of the molecule is COC(=O)c1ccccc1-n1ncc(NCCn2cc(C)cn2)c(Cl)c1=O. The van der Waals surface area contributed by atoms with Crippen LogP contribution in [-0.4, -0.2) is 39.2 Å². The summed E-state index contributed by atoms with van der Waals surface area (Å²) in [5, 5.41) is 11.4. The number of benzene rings is 1. The lowest BCUT2D eigenvalue weighted by Gasteiger charge is -2.12. The fraction of sp³-hybridized carbons (Fsp3) is 0.222. The number of halogens is 1. The van der Waals surface area contributed by atoms with E-state index >= 15 is 0 Å². The summed E-state index contributed by atoms with van der Waals surface area (Å²) in [6.07, 6.45) is 5.14. The van der Waals surface area contributed by atoms with Crippen molar-refractivity contribution in [2.24, 2.45) is 0 Å². The third kappa shape index (κ3) is 4.01. The lowest BCUT2D eigenvalue weighted by atomic mass is 10.2. The topological polar surface area (TPSA) is 91.0 Å².